The van der Waals surface area contributed by atoms with E-state index in [9.17, 15) is 4.79 Å². The zero-order valence-electron chi connectivity index (χ0n) is 19.3. The molecule has 0 radical (unpaired) electrons. The lowest BCUT2D eigenvalue weighted by atomic mass is 10.1. The van der Waals surface area contributed by atoms with Gasteiger partial charge in [-0.05, 0) is 25.1 Å². The minimum Gasteiger partial charge on any atom is -0.494 e. The molecule has 2 aliphatic heterocycles. The number of fused-ring (bicyclic) bond motifs is 1. The van der Waals surface area contributed by atoms with E-state index in [0.29, 0.717) is 55.0 Å². The third-order valence-electron chi connectivity index (χ3n) is 6.20. The summed E-state index contributed by atoms with van der Waals surface area (Å²) in [6, 6.07) is 7.53. The van der Waals surface area contributed by atoms with Gasteiger partial charge < -0.3 is 18.9 Å². The Morgan fingerprint density at radius 3 is 2.82 bits per heavy atom. The van der Waals surface area contributed by atoms with Gasteiger partial charge in [0.05, 0.1) is 50.5 Å². The summed E-state index contributed by atoms with van der Waals surface area (Å²) in [5.41, 5.74) is 3.09. The van der Waals surface area contributed by atoms with E-state index in [-0.39, 0.29) is 18.1 Å². The molecule has 1 aromatic carbocycles. The maximum atomic E-state index is 13.1. The molecule has 2 fully saturated rings. The molecule has 2 atom stereocenters. The van der Waals surface area contributed by atoms with Crippen LogP contribution in [-0.4, -0.2) is 74.0 Å². The number of morpholine rings is 1. The Bertz CT molecular complexity index is 1160. The first kappa shape index (κ1) is 23.1. The third kappa shape index (κ3) is 4.77. The van der Waals surface area contributed by atoms with Gasteiger partial charge in [-0.1, -0.05) is 17.4 Å². The molecule has 180 valence electrons. The molecule has 1 N–H and O–H groups in total. The second-order valence-corrected chi connectivity index (χ2v) is 9.24. The molecule has 10 heteroatoms. The van der Waals surface area contributed by atoms with Gasteiger partial charge in [-0.15, -0.1) is 0 Å². The van der Waals surface area contributed by atoms with Crippen molar-refractivity contribution in [2.45, 2.75) is 19.1 Å². The van der Waals surface area contributed by atoms with Crippen LogP contribution in [0.3, 0.4) is 0 Å². The fraction of sp³-hybridized carbons (Fsp3) is 0.458. The number of ether oxygens (including phenoxy) is 4. The van der Waals surface area contributed by atoms with Crippen LogP contribution in [0, 0.1) is 0 Å². The summed E-state index contributed by atoms with van der Waals surface area (Å²) in [6.07, 6.45) is 1.51. The highest BCUT2D eigenvalue weighted by Crippen LogP contribution is 2.39. The van der Waals surface area contributed by atoms with Crippen LogP contribution in [0.2, 0.25) is 0 Å². The number of nitrogens with zero attached hydrogens (tertiary/aromatic N) is 3. The lowest BCUT2D eigenvalue weighted by Gasteiger charge is -2.31. The number of carbonyl (C=O) groups is 1. The normalized spacial score (nSPS) is 20.2. The molecule has 0 bridgehead atoms. The van der Waals surface area contributed by atoms with Crippen LogP contribution in [0.4, 0.5) is 5.13 Å². The maximum Gasteiger partial charge on any atom is 0.257 e. The Balaban J connectivity index is 1.38. The van der Waals surface area contributed by atoms with Gasteiger partial charge in [-0.25, -0.2) is 4.98 Å². The molecule has 2 unspecified atom stereocenters. The molecular formula is C24H28N4O5S. The molecule has 4 heterocycles. The number of pyridine rings is 1. The number of aromatic nitrogens is 2. The van der Waals surface area contributed by atoms with E-state index in [4.69, 9.17) is 18.9 Å². The maximum absolute atomic E-state index is 13.1. The highest BCUT2D eigenvalue weighted by Gasteiger charge is 2.24. The molecule has 2 saturated heterocycles. The summed E-state index contributed by atoms with van der Waals surface area (Å²) < 4.78 is 23.4. The van der Waals surface area contributed by atoms with Crippen LogP contribution >= 0.6 is 11.3 Å². The lowest BCUT2D eigenvalue weighted by Crippen LogP contribution is -2.38. The quantitative estimate of drug-likeness (QED) is 0.569. The molecule has 0 aliphatic carbocycles. The zero-order valence-corrected chi connectivity index (χ0v) is 20.1. The number of amides is 1. The molecule has 34 heavy (non-hydrogen) atoms. The summed E-state index contributed by atoms with van der Waals surface area (Å²) in [5.74, 6) is 0.424. The minimum absolute atomic E-state index is 0.101. The number of benzene rings is 1. The van der Waals surface area contributed by atoms with E-state index >= 15 is 0 Å². The lowest BCUT2D eigenvalue weighted by molar-refractivity contribution is -0.0895. The Labute approximate surface area is 202 Å². The van der Waals surface area contributed by atoms with Crippen molar-refractivity contribution in [3.63, 3.8) is 0 Å². The van der Waals surface area contributed by atoms with E-state index in [1.807, 2.05) is 18.2 Å². The van der Waals surface area contributed by atoms with E-state index in [2.05, 4.69) is 27.1 Å². The molecule has 0 spiro atoms. The van der Waals surface area contributed by atoms with E-state index < -0.39 is 0 Å². The van der Waals surface area contributed by atoms with Crippen molar-refractivity contribution in [3.05, 3.63) is 47.3 Å². The molecule has 3 aromatic rings. The Morgan fingerprint density at radius 1 is 1.21 bits per heavy atom. The van der Waals surface area contributed by atoms with Crippen molar-refractivity contribution in [1.82, 2.24) is 14.9 Å². The van der Waals surface area contributed by atoms with Crippen molar-refractivity contribution < 1.29 is 23.7 Å². The molecule has 1 amide bonds. The fourth-order valence-corrected chi connectivity index (χ4v) is 5.32. The number of nitrogens with one attached hydrogen (secondary N) is 1. The summed E-state index contributed by atoms with van der Waals surface area (Å²) >= 11 is 1.41. The van der Waals surface area contributed by atoms with Crippen molar-refractivity contribution in [1.29, 1.82) is 0 Å². The van der Waals surface area contributed by atoms with Crippen molar-refractivity contribution in [2.75, 3.05) is 58.6 Å². The number of methoxy groups -OCH3 is 1. The monoisotopic (exact) mass is 484 g/mol. The number of thiazole rings is 1. The second-order valence-electron chi connectivity index (χ2n) is 8.24. The largest absolute Gasteiger partial charge is 0.494 e. The van der Waals surface area contributed by atoms with E-state index in [1.54, 1.807) is 19.4 Å². The minimum atomic E-state index is -0.227. The zero-order chi connectivity index (χ0) is 23.5. The first-order valence-electron chi connectivity index (χ1n) is 11.4. The standard InChI is InChI=1S/C24H28N4O5S/c1-15(28-7-9-31-10-8-28)18-13-16(5-6-25-18)23(29)27-24-26-21-19(30-2)4-3-17(22(21)34-24)20-14-32-11-12-33-20/h3-6,13,15,20H,7-12,14H2,1-2H3,(H,26,27,29). The molecule has 2 aliphatic rings. The first-order chi connectivity index (χ1) is 16.6. The molecule has 0 saturated carbocycles. The number of hydrogen-bond donors (Lipinski definition) is 1. The predicted molar refractivity (Wildman–Crippen MR) is 129 cm³/mol. The Hall–Kier alpha value is -2.63. The van der Waals surface area contributed by atoms with Gasteiger partial charge in [0.25, 0.3) is 5.91 Å². The summed E-state index contributed by atoms with van der Waals surface area (Å²) in [7, 11) is 1.61. The first-order valence-corrected chi connectivity index (χ1v) is 12.2. The predicted octanol–water partition coefficient (Wildman–Crippen LogP) is 3.43. The second kappa shape index (κ2) is 10.3. The SMILES string of the molecule is COc1ccc(C2COCCO2)c2sc(NC(=O)c3ccnc(C(C)N4CCOCC4)c3)nc12. The van der Waals surface area contributed by atoms with Gasteiger partial charge in [0.1, 0.15) is 17.4 Å². The van der Waals surface area contributed by atoms with Gasteiger partial charge in [-0.2, -0.15) is 0 Å². The molecule has 5 rings (SSSR count). The van der Waals surface area contributed by atoms with Crippen LogP contribution in [0.1, 0.15) is 40.7 Å². The highest BCUT2D eigenvalue weighted by atomic mass is 32.1. The highest BCUT2D eigenvalue weighted by molar-refractivity contribution is 7.22. The summed E-state index contributed by atoms with van der Waals surface area (Å²) in [6.45, 7) is 6.87. The number of rotatable bonds is 6. The topological polar surface area (TPSA) is 95.0 Å². The smallest absolute Gasteiger partial charge is 0.257 e. The molecular weight excluding hydrogens is 456 g/mol. The average Bonchev–Trinajstić information content (AvgIpc) is 3.32. The summed E-state index contributed by atoms with van der Waals surface area (Å²) in [5, 5.41) is 3.46. The van der Waals surface area contributed by atoms with Crippen LogP contribution in [0.15, 0.2) is 30.5 Å². The number of hydrogen-bond acceptors (Lipinski definition) is 9. The number of carbonyl (C=O) groups excluding carboxylic acids is 1. The summed E-state index contributed by atoms with van der Waals surface area (Å²) in [4.78, 5) is 24.6. The van der Waals surface area contributed by atoms with Gasteiger partial charge in [-0.3, -0.25) is 20.0 Å². The van der Waals surface area contributed by atoms with Crippen molar-refractivity contribution >= 4 is 32.6 Å². The molecule has 9 nitrogen and oxygen atoms in total. The van der Waals surface area contributed by atoms with Crippen molar-refractivity contribution in [2.24, 2.45) is 0 Å². The Kier molecular flexibility index (Phi) is 7.02. The van der Waals surface area contributed by atoms with Gasteiger partial charge in [0.2, 0.25) is 0 Å². The Morgan fingerprint density at radius 2 is 2.06 bits per heavy atom. The van der Waals surface area contributed by atoms with Crippen molar-refractivity contribution in [3.8, 4) is 5.75 Å². The van der Waals surface area contributed by atoms with Crippen LogP contribution in [0.5, 0.6) is 5.75 Å². The van der Waals surface area contributed by atoms with E-state index in [0.717, 1.165) is 29.0 Å². The van der Waals surface area contributed by atoms with Crippen LogP contribution in [0.25, 0.3) is 10.2 Å². The number of anilines is 1. The third-order valence-corrected chi connectivity index (χ3v) is 7.22. The van der Waals surface area contributed by atoms with Gasteiger partial charge in [0.15, 0.2) is 5.13 Å². The fourth-order valence-electron chi connectivity index (χ4n) is 4.28. The van der Waals surface area contributed by atoms with Gasteiger partial charge >= 0.3 is 0 Å². The van der Waals surface area contributed by atoms with Crippen LogP contribution in [-0.2, 0) is 14.2 Å². The average molecular weight is 485 g/mol. The van der Waals surface area contributed by atoms with Gasteiger partial charge in [0, 0.05) is 36.5 Å². The molecule has 2 aromatic heterocycles. The van der Waals surface area contributed by atoms with E-state index in [1.165, 1.54) is 11.3 Å². The van der Waals surface area contributed by atoms with Crippen LogP contribution < -0.4 is 10.1 Å².